The van der Waals surface area contributed by atoms with Gasteiger partial charge in [-0.15, -0.1) is 0 Å². The van der Waals surface area contributed by atoms with E-state index in [2.05, 4.69) is 80.3 Å². The van der Waals surface area contributed by atoms with Crippen molar-refractivity contribution in [2.45, 2.75) is 39.8 Å². The van der Waals surface area contributed by atoms with Gasteiger partial charge in [-0.05, 0) is 45.4 Å². The summed E-state index contributed by atoms with van der Waals surface area (Å²) in [5.41, 5.74) is 4.98. The molecule has 3 heteroatoms. The number of hydrogen-bond donors (Lipinski definition) is 1. The molecule has 1 aromatic carbocycles. The zero-order chi connectivity index (χ0) is 15.5. The van der Waals surface area contributed by atoms with Crippen LogP contribution in [0.3, 0.4) is 0 Å². The minimum absolute atomic E-state index is 0.0916. The zero-order valence-electron chi connectivity index (χ0n) is 13.6. The van der Waals surface area contributed by atoms with Crippen LogP contribution in [0, 0.1) is 6.92 Å². The number of pyridine rings is 1. The molecule has 0 spiro atoms. The Balaban J connectivity index is 2.29. The number of anilines is 2. The SMILES string of the molecule is Cc1ccccc1N(C)c1ccncc1CNC(C)(C)C. The highest BCUT2D eigenvalue weighted by Crippen LogP contribution is 2.28. The van der Waals surface area contributed by atoms with Crippen molar-refractivity contribution >= 4 is 11.4 Å². The number of nitrogens with zero attached hydrogens (tertiary/aromatic N) is 2. The van der Waals surface area contributed by atoms with Gasteiger partial charge in [0.1, 0.15) is 0 Å². The van der Waals surface area contributed by atoms with Crippen LogP contribution in [-0.4, -0.2) is 17.6 Å². The zero-order valence-corrected chi connectivity index (χ0v) is 13.6. The summed E-state index contributed by atoms with van der Waals surface area (Å²) >= 11 is 0. The van der Waals surface area contributed by atoms with Gasteiger partial charge in [0.15, 0.2) is 0 Å². The van der Waals surface area contributed by atoms with E-state index in [1.54, 1.807) is 0 Å². The first kappa shape index (κ1) is 15.5. The molecular formula is C18H25N3. The van der Waals surface area contributed by atoms with Crippen molar-refractivity contribution in [1.82, 2.24) is 10.3 Å². The van der Waals surface area contributed by atoms with Gasteiger partial charge in [-0.2, -0.15) is 0 Å². The van der Waals surface area contributed by atoms with E-state index in [4.69, 9.17) is 0 Å². The number of aryl methyl sites for hydroxylation is 1. The first-order chi connectivity index (χ1) is 9.88. The molecule has 0 saturated heterocycles. The highest BCUT2D eigenvalue weighted by molar-refractivity contribution is 5.67. The maximum atomic E-state index is 4.28. The van der Waals surface area contributed by atoms with Crippen LogP contribution in [0.5, 0.6) is 0 Å². The van der Waals surface area contributed by atoms with Gasteiger partial charge >= 0.3 is 0 Å². The Morgan fingerprint density at radius 2 is 1.81 bits per heavy atom. The maximum Gasteiger partial charge on any atom is 0.0484 e. The normalized spacial score (nSPS) is 11.5. The quantitative estimate of drug-likeness (QED) is 0.917. The fourth-order valence-electron chi connectivity index (χ4n) is 2.31. The van der Waals surface area contributed by atoms with Gasteiger partial charge < -0.3 is 10.2 Å². The topological polar surface area (TPSA) is 28.2 Å². The van der Waals surface area contributed by atoms with E-state index in [9.17, 15) is 0 Å². The van der Waals surface area contributed by atoms with Crippen molar-refractivity contribution in [1.29, 1.82) is 0 Å². The first-order valence-electron chi connectivity index (χ1n) is 7.36. The van der Waals surface area contributed by atoms with E-state index >= 15 is 0 Å². The minimum atomic E-state index is 0.0916. The summed E-state index contributed by atoms with van der Waals surface area (Å²) in [7, 11) is 2.11. The van der Waals surface area contributed by atoms with Gasteiger partial charge in [-0.25, -0.2) is 0 Å². The number of hydrogen-bond acceptors (Lipinski definition) is 3. The van der Waals surface area contributed by atoms with Gasteiger partial charge in [-0.3, -0.25) is 4.98 Å². The molecule has 0 aliphatic rings. The summed E-state index contributed by atoms with van der Waals surface area (Å²) in [6.45, 7) is 9.47. The monoisotopic (exact) mass is 283 g/mol. The molecule has 1 heterocycles. The predicted molar refractivity (Wildman–Crippen MR) is 90.1 cm³/mol. The Morgan fingerprint density at radius 1 is 1.10 bits per heavy atom. The van der Waals surface area contributed by atoms with Gasteiger partial charge in [0.2, 0.25) is 0 Å². The fraction of sp³-hybridized carbons (Fsp3) is 0.389. The van der Waals surface area contributed by atoms with E-state index in [1.807, 2.05) is 12.4 Å². The summed E-state index contributed by atoms with van der Waals surface area (Å²) in [6.07, 6.45) is 3.80. The third-order valence-electron chi connectivity index (χ3n) is 3.53. The van der Waals surface area contributed by atoms with Gasteiger partial charge in [0.05, 0.1) is 0 Å². The average molecular weight is 283 g/mol. The molecule has 0 aliphatic carbocycles. The van der Waals surface area contributed by atoms with Crippen LogP contribution in [-0.2, 0) is 6.54 Å². The molecule has 2 rings (SSSR count). The van der Waals surface area contributed by atoms with Crippen molar-refractivity contribution < 1.29 is 0 Å². The number of benzene rings is 1. The molecule has 0 saturated carbocycles. The lowest BCUT2D eigenvalue weighted by Crippen LogP contribution is -2.35. The average Bonchev–Trinajstić information content (AvgIpc) is 2.44. The third kappa shape index (κ3) is 4.05. The Morgan fingerprint density at radius 3 is 2.48 bits per heavy atom. The van der Waals surface area contributed by atoms with Crippen LogP contribution in [0.15, 0.2) is 42.7 Å². The molecule has 0 bridgehead atoms. The Bertz CT molecular complexity index is 599. The number of rotatable bonds is 4. The Hall–Kier alpha value is -1.87. The summed E-state index contributed by atoms with van der Waals surface area (Å²) in [4.78, 5) is 6.51. The second-order valence-corrected chi connectivity index (χ2v) is 6.45. The molecule has 0 amide bonds. The van der Waals surface area contributed by atoms with Crippen LogP contribution in [0.4, 0.5) is 11.4 Å². The molecule has 112 valence electrons. The van der Waals surface area contributed by atoms with E-state index in [1.165, 1.54) is 22.5 Å². The van der Waals surface area contributed by atoms with E-state index in [-0.39, 0.29) is 5.54 Å². The molecule has 2 aromatic rings. The van der Waals surface area contributed by atoms with Gasteiger partial charge in [0.25, 0.3) is 0 Å². The highest BCUT2D eigenvalue weighted by Gasteiger charge is 2.14. The van der Waals surface area contributed by atoms with Crippen molar-refractivity contribution in [2.75, 3.05) is 11.9 Å². The lowest BCUT2D eigenvalue weighted by Gasteiger charge is -2.26. The van der Waals surface area contributed by atoms with Gasteiger partial charge in [0, 0.05) is 48.5 Å². The van der Waals surface area contributed by atoms with Gasteiger partial charge in [-0.1, -0.05) is 18.2 Å². The van der Waals surface area contributed by atoms with E-state index < -0.39 is 0 Å². The highest BCUT2D eigenvalue weighted by atomic mass is 15.1. The molecule has 0 aliphatic heterocycles. The number of aromatic nitrogens is 1. The van der Waals surface area contributed by atoms with Crippen molar-refractivity contribution in [3.63, 3.8) is 0 Å². The summed E-state index contributed by atoms with van der Waals surface area (Å²) in [5.74, 6) is 0. The molecule has 0 fully saturated rings. The Kier molecular flexibility index (Phi) is 4.63. The van der Waals surface area contributed by atoms with Crippen LogP contribution < -0.4 is 10.2 Å². The fourth-order valence-corrected chi connectivity index (χ4v) is 2.31. The third-order valence-corrected chi connectivity index (χ3v) is 3.53. The smallest absolute Gasteiger partial charge is 0.0484 e. The van der Waals surface area contributed by atoms with Crippen LogP contribution in [0.25, 0.3) is 0 Å². The molecular weight excluding hydrogens is 258 g/mol. The van der Waals surface area contributed by atoms with E-state index in [0.717, 1.165) is 6.54 Å². The van der Waals surface area contributed by atoms with Crippen molar-refractivity contribution in [2.24, 2.45) is 0 Å². The Labute approximate surface area is 128 Å². The lowest BCUT2D eigenvalue weighted by molar-refractivity contribution is 0.424. The maximum absolute atomic E-state index is 4.28. The standard InChI is InChI=1S/C18H25N3/c1-14-8-6-7-9-16(14)21(5)17-10-11-19-12-15(17)13-20-18(2,3)4/h6-12,20H,13H2,1-5H3. The van der Waals surface area contributed by atoms with Crippen LogP contribution in [0.1, 0.15) is 31.9 Å². The second-order valence-electron chi connectivity index (χ2n) is 6.45. The largest absolute Gasteiger partial charge is 0.344 e. The molecule has 0 radical (unpaired) electrons. The molecule has 3 nitrogen and oxygen atoms in total. The second kappa shape index (κ2) is 6.27. The summed E-state index contributed by atoms with van der Waals surface area (Å²) in [6, 6.07) is 10.5. The van der Waals surface area contributed by atoms with Crippen LogP contribution in [0.2, 0.25) is 0 Å². The first-order valence-corrected chi connectivity index (χ1v) is 7.36. The predicted octanol–water partition coefficient (Wildman–Crippen LogP) is 4.05. The molecule has 1 N–H and O–H groups in total. The number of para-hydroxylation sites is 1. The van der Waals surface area contributed by atoms with Crippen molar-refractivity contribution in [3.8, 4) is 0 Å². The molecule has 0 atom stereocenters. The van der Waals surface area contributed by atoms with E-state index in [0.29, 0.717) is 0 Å². The van der Waals surface area contributed by atoms with Crippen molar-refractivity contribution in [3.05, 3.63) is 53.9 Å². The molecule has 1 aromatic heterocycles. The number of nitrogens with one attached hydrogen (secondary N) is 1. The molecule has 21 heavy (non-hydrogen) atoms. The minimum Gasteiger partial charge on any atom is -0.344 e. The molecule has 0 unspecified atom stereocenters. The lowest BCUT2D eigenvalue weighted by atomic mass is 10.1. The summed E-state index contributed by atoms with van der Waals surface area (Å²) in [5, 5.41) is 3.53. The summed E-state index contributed by atoms with van der Waals surface area (Å²) < 4.78 is 0. The van der Waals surface area contributed by atoms with Crippen LogP contribution >= 0.6 is 0 Å².